The number of ether oxygens (including phenoxy) is 2. The minimum absolute atomic E-state index is 0.0512. The van der Waals surface area contributed by atoms with Gasteiger partial charge in [0.2, 0.25) is 0 Å². The monoisotopic (exact) mass is 337 g/mol. The predicted molar refractivity (Wildman–Crippen MR) is 89.6 cm³/mol. The standard InChI is InChI=1S/C17H17Cl2NO2/c1-21-14-7-6-10-11(17(14)22-2)8-9-20-16(10)15-12(18)4-3-5-13(15)19/h3-7,16,20H,8-9H2,1-2H3. The molecule has 2 aromatic carbocycles. The predicted octanol–water partition coefficient (Wildman–Crippen LogP) is 4.25. The summed E-state index contributed by atoms with van der Waals surface area (Å²) in [6.07, 6.45) is 0.869. The van der Waals surface area contributed by atoms with Crippen LogP contribution in [0.3, 0.4) is 0 Å². The van der Waals surface area contributed by atoms with Crippen molar-refractivity contribution in [2.75, 3.05) is 20.8 Å². The fourth-order valence-corrected chi connectivity index (χ4v) is 3.65. The molecule has 1 aliphatic rings. The Bertz CT molecular complexity index is 683. The van der Waals surface area contributed by atoms with E-state index in [4.69, 9.17) is 32.7 Å². The Balaban J connectivity index is 2.17. The Morgan fingerprint density at radius 1 is 1.05 bits per heavy atom. The molecule has 5 heteroatoms. The highest BCUT2D eigenvalue weighted by Crippen LogP contribution is 2.42. The molecule has 0 radical (unpaired) electrons. The summed E-state index contributed by atoms with van der Waals surface area (Å²) in [6.45, 7) is 0.822. The molecule has 0 amide bonds. The summed E-state index contributed by atoms with van der Waals surface area (Å²) in [4.78, 5) is 0. The zero-order valence-electron chi connectivity index (χ0n) is 12.5. The maximum absolute atomic E-state index is 6.38. The van der Waals surface area contributed by atoms with Crippen LogP contribution in [-0.4, -0.2) is 20.8 Å². The Morgan fingerprint density at radius 2 is 1.77 bits per heavy atom. The van der Waals surface area contributed by atoms with Crippen LogP contribution in [0.15, 0.2) is 30.3 Å². The number of fused-ring (bicyclic) bond motifs is 1. The Kier molecular flexibility index (Phi) is 4.48. The molecule has 0 aliphatic carbocycles. The van der Waals surface area contributed by atoms with E-state index in [1.807, 2.05) is 30.3 Å². The largest absolute Gasteiger partial charge is 0.493 e. The van der Waals surface area contributed by atoms with Gasteiger partial charge in [0.25, 0.3) is 0 Å². The van der Waals surface area contributed by atoms with Gasteiger partial charge in [-0.15, -0.1) is 0 Å². The first-order valence-electron chi connectivity index (χ1n) is 7.08. The lowest BCUT2D eigenvalue weighted by Gasteiger charge is -2.30. The first kappa shape index (κ1) is 15.5. The third-order valence-corrected chi connectivity index (χ3v) is 4.67. The third-order valence-electron chi connectivity index (χ3n) is 4.01. The molecule has 116 valence electrons. The van der Waals surface area contributed by atoms with Gasteiger partial charge in [-0.3, -0.25) is 0 Å². The van der Waals surface area contributed by atoms with Gasteiger partial charge < -0.3 is 14.8 Å². The van der Waals surface area contributed by atoms with E-state index in [1.54, 1.807) is 14.2 Å². The lowest BCUT2D eigenvalue weighted by atomic mass is 9.89. The molecule has 0 bridgehead atoms. The Labute approximate surface area is 140 Å². The summed E-state index contributed by atoms with van der Waals surface area (Å²) >= 11 is 12.8. The maximum Gasteiger partial charge on any atom is 0.164 e. The van der Waals surface area contributed by atoms with Gasteiger partial charge in [-0.1, -0.05) is 35.3 Å². The van der Waals surface area contributed by atoms with Crippen LogP contribution in [0.1, 0.15) is 22.7 Å². The van der Waals surface area contributed by atoms with Gasteiger partial charge in [-0.05, 0) is 30.2 Å². The highest BCUT2D eigenvalue weighted by Gasteiger charge is 2.28. The quantitative estimate of drug-likeness (QED) is 0.908. The van der Waals surface area contributed by atoms with Crippen LogP contribution in [0.2, 0.25) is 10.0 Å². The smallest absolute Gasteiger partial charge is 0.164 e. The van der Waals surface area contributed by atoms with Crippen LogP contribution >= 0.6 is 23.2 Å². The van der Waals surface area contributed by atoms with Crippen molar-refractivity contribution >= 4 is 23.2 Å². The van der Waals surface area contributed by atoms with Gasteiger partial charge in [-0.25, -0.2) is 0 Å². The summed E-state index contributed by atoms with van der Waals surface area (Å²) in [5, 5.41) is 4.82. The van der Waals surface area contributed by atoms with Gasteiger partial charge in [0.05, 0.1) is 20.3 Å². The molecule has 0 saturated carbocycles. The Hall–Kier alpha value is -1.42. The minimum Gasteiger partial charge on any atom is -0.493 e. The van der Waals surface area contributed by atoms with Crippen LogP contribution in [-0.2, 0) is 6.42 Å². The second kappa shape index (κ2) is 6.37. The lowest BCUT2D eigenvalue weighted by Crippen LogP contribution is -2.31. The van der Waals surface area contributed by atoms with Crippen molar-refractivity contribution in [3.8, 4) is 11.5 Å². The average Bonchev–Trinajstić information content (AvgIpc) is 2.53. The molecule has 1 heterocycles. The third kappa shape index (κ3) is 2.54. The van der Waals surface area contributed by atoms with Crippen molar-refractivity contribution < 1.29 is 9.47 Å². The average molecular weight is 338 g/mol. The summed E-state index contributed by atoms with van der Waals surface area (Å²) in [5.41, 5.74) is 3.17. The normalized spacial score (nSPS) is 17.0. The summed E-state index contributed by atoms with van der Waals surface area (Å²) < 4.78 is 11.0. The van der Waals surface area contributed by atoms with Gasteiger partial charge in [0, 0.05) is 27.7 Å². The van der Waals surface area contributed by atoms with E-state index in [1.165, 1.54) is 0 Å². The number of hydrogen-bond donors (Lipinski definition) is 1. The molecular formula is C17H17Cl2NO2. The molecule has 0 spiro atoms. The molecule has 1 atom stereocenters. The number of rotatable bonds is 3. The van der Waals surface area contributed by atoms with Crippen LogP contribution in [0.4, 0.5) is 0 Å². The first-order chi connectivity index (χ1) is 10.7. The fourth-order valence-electron chi connectivity index (χ4n) is 3.03. The molecule has 0 saturated heterocycles. The van der Waals surface area contributed by atoms with E-state index in [0.717, 1.165) is 41.2 Å². The van der Waals surface area contributed by atoms with Gasteiger partial charge in [0.15, 0.2) is 11.5 Å². The molecular weight excluding hydrogens is 321 g/mol. The number of methoxy groups -OCH3 is 2. The van der Waals surface area contributed by atoms with Crippen LogP contribution in [0, 0.1) is 0 Å². The van der Waals surface area contributed by atoms with Crippen molar-refractivity contribution in [2.24, 2.45) is 0 Å². The van der Waals surface area contributed by atoms with Gasteiger partial charge in [0.1, 0.15) is 0 Å². The summed E-state index contributed by atoms with van der Waals surface area (Å²) in [7, 11) is 3.31. The number of halogens is 2. The summed E-state index contributed by atoms with van der Waals surface area (Å²) in [5.74, 6) is 1.53. The van der Waals surface area contributed by atoms with Crippen LogP contribution in [0.5, 0.6) is 11.5 Å². The van der Waals surface area contributed by atoms with E-state index < -0.39 is 0 Å². The van der Waals surface area contributed by atoms with E-state index in [9.17, 15) is 0 Å². The topological polar surface area (TPSA) is 30.5 Å². The van der Waals surface area contributed by atoms with Gasteiger partial charge >= 0.3 is 0 Å². The highest BCUT2D eigenvalue weighted by atomic mass is 35.5. The van der Waals surface area contributed by atoms with E-state index in [2.05, 4.69) is 5.32 Å². The molecule has 2 aromatic rings. The first-order valence-corrected chi connectivity index (χ1v) is 7.84. The van der Waals surface area contributed by atoms with Crippen molar-refractivity contribution in [1.82, 2.24) is 5.32 Å². The molecule has 0 aromatic heterocycles. The van der Waals surface area contributed by atoms with E-state index in [-0.39, 0.29) is 6.04 Å². The van der Waals surface area contributed by atoms with Crippen molar-refractivity contribution in [2.45, 2.75) is 12.5 Å². The van der Waals surface area contributed by atoms with E-state index >= 15 is 0 Å². The second-order valence-electron chi connectivity index (χ2n) is 5.14. The lowest BCUT2D eigenvalue weighted by molar-refractivity contribution is 0.348. The van der Waals surface area contributed by atoms with Crippen molar-refractivity contribution in [3.63, 3.8) is 0 Å². The maximum atomic E-state index is 6.38. The fraction of sp³-hybridized carbons (Fsp3) is 0.294. The zero-order chi connectivity index (χ0) is 15.7. The minimum atomic E-state index is -0.0512. The van der Waals surface area contributed by atoms with Crippen LogP contribution < -0.4 is 14.8 Å². The molecule has 3 nitrogen and oxygen atoms in total. The number of hydrogen-bond acceptors (Lipinski definition) is 3. The van der Waals surface area contributed by atoms with Crippen molar-refractivity contribution in [3.05, 3.63) is 57.1 Å². The van der Waals surface area contributed by atoms with Crippen molar-refractivity contribution in [1.29, 1.82) is 0 Å². The molecule has 0 fully saturated rings. The zero-order valence-corrected chi connectivity index (χ0v) is 14.0. The highest BCUT2D eigenvalue weighted by molar-refractivity contribution is 6.36. The van der Waals surface area contributed by atoms with Crippen LogP contribution in [0.25, 0.3) is 0 Å². The SMILES string of the molecule is COc1ccc2c(c1OC)CCNC2c1c(Cl)cccc1Cl. The molecule has 3 rings (SSSR count). The molecule has 1 aliphatic heterocycles. The summed E-state index contributed by atoms with van der Waals surface area (Å²) in [6, 6.07) is 9.49. The molecule has 22 heavy (non-hydrogen) atoms. The van der Waals surface area contributed by atoms with E-state index in [0.29, 0.717) is 10.0 Å². The molecule has 1 N–H and O–H groups in total. The second-order valence-corrected chi connectivity index (χ2v) is 5.96. The Morgan fingerprint density at radius 3 is 2.41 bits per heavy atom. The molecule has 1 unspecified atom stereocenters. The number of benzene rings is 2. The van der Waals surface area contributed by atoms with Gasteiger partial charge in [-0.2, -0.15) is 0 Å². The number of nitrogens with one attached hydrogen (secondary N) is 1.